The maximum absolute atomic E-state index is 12.5. The number of hydrogen-bond acceptors (Lipinski definition) is 4. The lowest BCUT2D eigenvalue weighted by Gasteiger charge is -2.35. The summed E-state index contributed by atoms with van der Waals surface area (Å²) in [5, 5.41) is 0. The van der Waals surface area contributed by atoms with E-state index in [1.54, 1.807) is 4.90 Å². The van der Waals surface area contributed by atoms with Crippen molar-refractivity contribution in [2.75, 3.05) is 13.7 Å². The number of amides is 1. The minimum atomic E-state index is -0.392. The number of nitrogens with zero attached hydrogens (tertiary/aromatic N) is 1. The second-order valence-electron chi connectivity index (χ2n) is 5.88. The summed E-state index contributed by atoms with van der Waals surface area (Å²) in [5.74, 6) is -0.274. The van der Waals surface area contributed by atoms with Crippen molar-refractivity contribution in [2.24, 2.45) is 11.7 Å². The molecule has 0 spiro atoms. The molecule has 0 saturated carbocycles. The summed E-state index contributed by atoms with van der Waals surface area (Å²) >= 11 is 0. The highest BCUT2D eigenvalue weighted by Gasteiger charge is 2.34. The first-order valence-electron chi connectivity index (χ1n) is 7.61. The molecule has 3 unspecified atom stereocenters. The van der Waals surface area contributed by atoms with Crippen molar-refractivity contribution < 1.29 is 14.3 Å². The fourth-order valence-electron chi connectivity index (χ4n) is 2.73. The molecule has 0 aliphatic carbocycles. The van der Waals surface area contributed by atoms with Gasteiger partial charge in [0.15, 0.2) is 0 Å². The number of ether oxygens (including phenoxy) is 1. The number of piperidine rings is 1. The van der Waals surface area contributed by atoms with Crippen LogP contribution < -0.4 is 5.73 Å². The van der Waals surface area contributed by atoms with Crippen molar-refractivity contribution in [3.8, 4) is 0 Å². The molecule has 1 aliphatic rings. The van der Waals surface area contributed by atoms with Crippen LogP contribution in [0, 0.1) is 5.92 Å². The van der Waals surface area contributed by atoms with Gasteiger partial charge in [-0.3, -0.25) is 4.79 Å². The van der Waals surface area contributed by atoms with Gasteiger partial charge in [-0.25, -0.2) is 4.79 Å². The van der Waals surface area contributed by atoms with Crippen molar-refractivity contribution in [1.82, 2.24) is 4.90 Å². The molecule has 0 bridgehead atoms. The van der Waals surface area contributed by atoms with E-state index in [9.17, 15) is 9.59 Å². The number of esters is 1. The summed E-state index contributed by atoms with van der Waals surface area (Å²) in [4.78, 5) is 26.0. The Hall–Kier alpha value is -1.10. The standard InChI is InChI=1S/C15H28N2O3/c1-11(7-6-8-12(2)16)14(18)17-10-5-4-9-13(17)15(19)20-3/h11-13H,4-10,16H2,1-3H3. The molecule has 0 aromatic carbocycles. The van der Waals surface area contributed by atoms with Crippen LogP contribution in [0.4, 0.5) is 0 Å². The molecule has 20 heavy (non-hydrogen) atoms. The van der Waals surface area contributed by atoms with Crippen molar-refractivity contribution >= 4 is 11.9 Å². The lowest BCUT2D eigenvalue weighted by atomic mass is 9.96. The largest absolute Gasteiger partial charge is 0.467 e. The topological polar surface area (TPSA) is 72.6 Å². The summed E-state index contributed by atoms with van der Waals surface area (Å²) in [6.45, 7) is 4.58. The molecule has 5 heteroatoms. The third-order valence-electron chi connectivity index (χ3n) is 3.98. The van der Waals surface area contributed by atoms with Crippen LogP contribution in [0.15, 0.2) is 0 Å². The minimum Gasteiger partial charge on any atom is -0.467 e. The average Bonchev–Trinajstić information content (AvgIpc) is 2.45. The Labute approximate surface area is 121 Å². The average molecular weight is 284 g/mol. The van der Waals surface area contributed by atoms with Gasteiger partial charge >= 0.3 is 5.97 Å². The van der Waals surface area contributed by atoms with Crippen LogP contribution >= 0.6 is 0 Å². The number of carbonyl (C=O) groups excluding carboxylic acids is 2. The van der Waals surface area contributed by atoms with Gasteiger partial charge in [-0.2, -0.15) is 0 Å². The van der Waals surface area contributed by atoms with Gasteiger partial charge in [0.2, 0.25) is 5.91 Å². The van der Waals surface area contributed by atoms with Crippen LogP contribution in [0.25, 0.3) is 0 Å². The van der Waals surface area contributed by atoms with E-state index in [0.29, 0.717) is 13.0 Å². The predicted molar refractivity (Wildman–Crippen MR) is 78.0 cm³/mol. The van der Waals surface area contributed by atoms with Gasteiger partial charge in [-0.1, -0.05) is 13.3 Å². The zero-order valence-electron chi connectivity index (χ0n) is 12.9. The normalized spacial score (nSPS) is 22.2. The first-order valence-corrected chi connectivity index (χ1v) is 7.61. The van der Waals surface area contributed by atoms with E-state index in [1.807, 2.05) is 13.8 Å². The van der Waals surface area contributed by atoms with E-state index < -0.39 is 6.04 Å². The third-order valence-corrected chi connectivity index (χ3v) is 3.98. The molecule has 116 valence electrons. The molecule has 1 rings (SSSR count). The Morgan fingerprint density at radius 2 is 2.00 bits per heavy atom. The fourth-order valence-corrected chi connectivity index (χ4v) is 2.73. The molecule has 1 aliphatic heterocycles. The SMILES string of the molecule is COC(=O)C1CCCCN1C(=O)C(C)CCCC(C)N. The van der Waals surface area contributed by atoms with Gasteiger partial charge < -0.3 is 15.4 Å². The van der Waals surface area contributed by atoms with E-state index >= 15 is 0 Å². The van der Waals surface area contributed by atoms with Crippen LogP contribution in [-0.2, 0) is 14.3 Å². The predicted octanol–water partition coefficient (Wildman–Crippen LogP) is 1.69. The Balaban J connectivity index is 2.55. The van der Waals surface area contributed by atoms with Crippen molar-refractivity contribution in [3.63, 3.8) is 0 Å². The Kier molecular flexibility index (Phi) is 6.99. The molecule has 2 N–H and O–H groups in total. The maximum atomic E-state index is 12.5. The Morgan fingerprint density at radius 1 is 1.30 bits per heavy atom. The Morgan fingerprint density at radius 3 is 2.60 bits per heavy atom. The highest BCUT2D eigenvalue weighted by molar-refractivity contribution is 5.85. The van der Waals surface area contributed by atoms with Gasteiger partial charge in [0, 0.05) is 18.5 Å². The highest BCUT2D eigenvalue weighted by Crippen LogP contribution is 2.22. The molecule has 1 fully saturated rings. The number of rotatable bonds is 6. The number of nitrogens with two attached hydrogens (primary N) is 1. The molecule has 3 atom stereocenters. The Bertz CT molecular complexity index is 331. The fraction of sp³-hybridized carbons (Fsp3) is 0.867. The molecule has 0 radical (unpaired) electrons. The second kappa shape index (κ2) is 8.25. The maximum Gasteiger partial charge on any atom is 0.328 e. The molecule has 1 saturated heterocycles. The minimum absolute atomic E-state index is 0.0565. The lowest BCUT2D eigenvalue weighted by molar-refractivity contribution is -0.156. The van der Waals surface area contributed by atoms with Crippen molar-refractivity contribution in [1.29, 1.82) is 0 Å². The monoisotopic (exact) mass is 284 g/mol. The molecule has 0 aromatic heterocycles. The van der Waals surface area contributed by atoms with Crippen LogP contribution in [0.3, 0.4) is 0 Å². The van der Waals surface area contributed by atoms with Crippen molar-refractivity contribution in [3.05, 3.63) is 0 Å². The van der Waals surface area contributed by atoms with E-state index in [4.69, 9.17) is 10.5 Å². The van der Waals surface area contributed by atoms with Gasteiger partial charge in [-0.05, 0) is 39.0 Å². The van der Waals surface area contributed by atoms with Gasteiger partial charge in [0.05, 0.1) is 7.11 Å². The molecule has 1 heterocycles. The molecule has 5 nitrogen and oxygen atoms in total. The van der Waals surface area contributed by atoms with Crippen molar-refractivity contribution in [2.45, 2.75) is 64.5 Å². The molecular formula is C15H28N2O3. The first kappa shape index (κ1) is 17.0. The van der Waals surface area contributed by atoms with E-state index in [1.165, 1.54) is 7.11 Å². The second-order valence-corrected chi connectivity index (χ2v) is 5.88. The van der Waals surface area contributed by atoms with Gasteiger partial charge in [0.25, 0.3) is 0 Å². The highest BCUT2D eigenvalue weighted by atomic mass is 16.5. The summed E-state index contributed by atoms with van der Waals surface area (Å²) in [5.41, 5.74) is 5.72. The first-order chi connectivity index (χ1) is 9.47. The number of hydrogen-bond donors (Lipinski definition) is 1. The smallest absolute Gasteiger partial charge is 0.328 e. The van der Waals surface area contributed by atoms with E-state index in [-0.39, 0.29) is 23.8 Å². The summed E-state index contributed by atoms with van der Waals surface area (Å²) < 4.78 is 4.81. The zero-order valence-corrected chi connectivity index (χ0v) is 12.9. The van der Waals surface area contributed by atoms with Gasteiger partial charge in [-0.15, -0.1) is 0 Å². The van der Waals surface area contributed by atoms with Crippen LogP contribution in [0.5, 0.6) is 0 Å². The zero-order chi connectivity index (χ0) is 15.1. The molecular weight excluding hydrogens is 256 g/mol. The third kappa shape index (κ3) is 4.78. The number of carbonyl (C=O) groups is 2. The van der Waals surface area contributed by atoms with E-state index in [2.05, 4.69) is 0 Å². The molecule has 0 aromatic rings. The lowest BCUT2D eigenvalue weighted by Crippen LogP contribution is -2.50. The quantitative estimate of drug-likeness (QED) is 0.753. The molecule has 1 amide bonds. The summed E-state index contributed by atoms with van der Waals surface area (Å²) in [6.07, 6.45) is 5.35. The van der Waals surface area contributed by atoms with Gasteiger partial charge in [0.1, 0.15) is 6.04 Å². The summed E-state index contributed by atoms with van der Waals surface area (Å²) in [6, 6.07) is -0.216. The summed E-state index contributed by atoms with van der Waals surface area (Å²) in [7, 11) is 1.38. The van der Waals surface area contributed by atoms with Crippen LogP contribution in [0.2, 0.25) is 0 Å². The van der Waals surface area contributed by atoms with E-state index in [0.717, 1.165) is 32.1 Å². The van der Waals surface area contributed by atoms with Crippen LogP contribution in [-0.4, -0.2) is 42.5 Å². The number of likely N-dealkylation sites (tertiary alicyclic amines) is 1. The van der Waals surface area contributed by atoms with Crippen LogP contribution in [0.1, 0.15) is 52.4 Å². The number of methoxy groups -OCH3 is 1.